The quantitative estimate of drug-likeness (QED) is 0.781. The Labute approximate surface area is 133 Å². The Morgan fingerprint density at radius 2 is 2.23 bits per heavy atom. The van der Waals surface area contributed by atoms with Crippen LogP contribution in [0.15, 0.2) is 42.9 Å². The zero-order valence-electron chi connectivity index (χ0n) is 12.7. The summed E-state index contributed by atoms with van der Waals surface area (Å²) in [6.07, 6.45) is 6.72. The molecule has 3 heterocycles. The highest BCUT2D eigenvalue weighted by Crippen LogP contribution is 2.27. The van der Waals surface area contributed by atoms with Crippen molar-refractivity contribution in [3.63, 3.8) is 0 Å². The van der Waals surface area contributed by atoms with Crippen molar-refractivity contribution in [2.75, 3.05) is 6.54 Å². The van der Waals surface area contributed by atoms with E-state index in [0.29, 0.717) is 12.6 Å². The summed E-state index contributed by atoms with van der Waals surface area (Å²) in [5.41, 5.74) is 0.991. The van der Waals surface area contributed by atoms with Crippen LogP contribution in [0.3, 0.4) is 0 Å². The highest BCUT2D eigenvalue weighted by atomic mass is 32.1. The minimum atomic E-state index is -0.00627. The molecule has 0 aliphatic heterocycles. The van der Waals surface area contributed by atoms with Crippen LogP contribution < -0.4 is 5.32 Å². The largest absolute Gasteiger partial charge is 0.351 e. The second kappa shape index (κ2) is 6.32. The number of hydrogen-bond acceptors (Lipinski definition) is 3. The first kappa shape index (κ1) is 14.8. The van der Waals surface area contributed by atoms with Crippen molar-refractivity contribution in [3.8, 4) is 0 Å². The number of carbonyl (C=O) groups excluding carboxylic acids is 1. The fourth-order valence-corrected chi connectivity index (χ4v) is 3.29. The summed E-state index contributed by atoms with van der Waals surface area (Å²) in [5.74, 6) is -0.00627. The predicted molar refractivity (Wildman–Crippen MR) is 90.5 cm³/mol. The van der Waals surface area contributed by atoms with Crippen LogP contribution in [0.5, 0.6) is 0 Å². The van der Waals surface area contributed by atoms with Gasteiger partial charge in [0.2, 0.25) is 0 Å². The van der Waals surface area contributed by atoms with Gasteiger partial charge in [-0.25, -0.2) is 0 Å². The number of hydrogen-bond donors (Lipinski definition) is 1. The molecule has 22 heavy (non-hydrogen) atoms. The molecule has 0 atom stereocenters. The molecule has 1 amide bonds. The first-order valence-corrected chi connectivity index (χ1v) is 8.24. The van der Waals surface area contributed by atoms with E-state index in [1.54, 1.807) is 17.5 Å². The Morgan fingerprint density at radius 3 is 2.91 bits per heavy atom. The third-order valence-corrected chi connectivity index (χ3v) is 4.64. The van der Waals surface area contributed by atoms with Crippen LogP contribution in [-0.2, 0) is 6.42 Å². The summed E-state index contributed by atoms with van der Waals surface area (Å²) in [6.45, 7) is 4.90. The number of rotatable bonds is 5. The minimum Gasteiger partial charge on any atom is -0.351 e. The molecular formula is C17H19N3OS. The van der Waals surface area contributed by atoms with Crippen LogP contribution in [0.4, 0.5) is 0 Å². The summed E-state index contributed by atoms with van der Waals surface area (Å²) >= 11 is 1.54. The van der Waals surface area contributed by atoms with E-state index in [1.807, 2.05) is 24.3 Å². The van der Waals surface area contributed by atoms with Gasteiger partial charge >= 0.3 is 0 Å². The maximum atomic E-state index is 12.2. The third kappa shape index (κ3) is 3.20. The topological polar surface area (TPSA) is 46.9 Å². The van der Waals surface area contributed by atoms with E-state index >= 15 is 0 Å². The van der Waals surface area contributed by atoms with Crippen LogP contribution in [0.1, 0.15) is 35.3 Å². The molecule has 0 aromatic carbocycles. The first-order valence-electron chi connectivity index (χ1n) is 7.42. The summed E-state index contributed by atoms with van der Waals surface area (Å²) in [4.78, 5) is 17.2. The number of nitrogens with one attached hydrogen (secondary N) is 1. The van der Waals surface area contributed by atoms with Crippen LogP contribution in [0.25, 0.3) is 10.1 Å². The molecular weight excluding hydrogens is 294 g/mol. The van der Waals surface area contributed by atoms with E-state index in [1.165, 1.54) is 0 Å². The molecule has 114 valence electrons. The van der Waals surface area contributed by atoms with Gasteiger partial charge in [0.25, 0.3) is 5.91 Å². The molecule has 0 unspecified atom stereocenters. The number of fused-ring (bicyclic) bond motifs is 1. The van der Waals surface area contributed by atoms with Crippen LogP contribution in [0.2, 0.25) is 0 Å². The number of nitrogens with zero attached hydrogens (tertiary/aromatic N) is 2. The molecule has 3 rings (SSSR count). The highest BCUT2D eigenvalue weighted by molar-refractivity contribution is 7.20. The number of aromatic nitrogens is 2. The smallest absolute Gasteiger partial charge is 0.261 e. The van der Waals surface area contributed by atoms with Crippen LogP contribution >= 0.6 is 11.3 Å². The molecule has 0 saturated heterocycles. The second-order valence-corrected chi connectivity index (χ2v) is 6.64. The SMILES string of the molecule is CC(C)n1cc2cc(C(=O)NCCc3ccccn3)sc2c1. The summed E-state index contributed by atoms with van der Waals surface area (Å²) < 4.78 is 3.33. The maximum absolute atomic E-state index is 12.2. The van der Waals surface area contributed by atoms with Gasteiger partial charge in [-0.2, -0.15) is 0 Å². The predicted octanol–water partition coefficient (Wildman–Crippen LogP) is 3.65. The van der Waals surface area contributed by atoms with E-state index in [4.69, 9.17) is 0 Å². The van der Waals surface area contributed by atoms with Crippen molar-refractivity contribution < 1.29 is 4.79 Å². The van der Waals surface area contributed by atoms with Gasteiger partial charge in [0.15, 0.2) is 0 Å². The standard InChI is InChI=1S/C17H19N3OS/c1-12(2)20-10-13-9-15(22-16(13)11-20)17(21)19-8-6-14-5-3-4-7-18-14/h3-5,7,9-12H,6,8H2,1-2H3,(H,19,21). The molecule has 0 radical (unpaired) electrons. The molecule has 5 heteroatoms. The molecule has 1 N–H and O–H groups in total. The Morgan fingerprint density at radius 1 is 1.36 bits per heavy atom. The molecule has 0 aliphatic rings. The molecule has 0 fully saturated rings. The molecule has 0 bridgehead atoms. The van der Waals surface area contributed by atoms with Gasteiger partial charge in [0.1, 0.15) is 0 Å². The lowest BCUT2D eigenvalue weighted by molar-refractivity contribution is 0.0958. The molecule has 3 aromatic heterocycles. The van der Waals surface area contributed by atoms with Gasteiger partial charge in [-0.3, -0.25) is 9.78 Å². The molecule has 0 saturated carbocycles. The van der Waals surface area contributed by atoms with E-state index in [0.717, 1.165) is 27.1 Å². The third-order valence-electron chi connectivity index (χ3n) is 3.56. The van der Waals surface area contributed by atoms with Gasteiger partial charge in [-0.15, -0.1) is 11.3 Å². The van der Waals surface area contributed by atoms with Crippen molar-refractivity contribution in [2.24, 2.45) is 0 Å². The Kier molecular flexibility index (Phi) is 4.24. The Balaban J connectivity index is 1.61. The fraction of sp³-hybridized carbons (Fsp3) is 0.294. The summed E-state index contributed by atoms with van der Waals surface area (Å²) in [6, 6.07) is 8.23. The van der Waals surface area contributed by atoms with Crippen molar-refractivity contribution >= 4 is 27.3 Å². The second-order valence-electron chi connectivity index (χ2n) is 5.56. The van der Waals surface area contributed by atoms with Crippen molar-refractivity contribution in [2.45, 2.75) is 26.3 Å². The number of amides is 1. The van der Waals surface area contributed by atoms with Gasteiger partial charge < -0.3 is 9.88 Å². The molecule has 0 spiro atoms. The average Bonchev–Trinajstić information content (AvgIpc) is 3.06. The monoisotopic (exact) mass is 313 g/mol. The number of carbonyl (C=O) groups is 1. The van der Waals surface area contributed by atoms with Crippen molar-refractivity contribution in [3.05, 3.63) is 53.4 Å². The number of pyridine rings is 1. The first-order chi connectivity index (χ1) is 10.6. The van der Waals surface area contributed by atoms with Gasteiger partial charge in [-0.05, 0) is 32.0 Å². The lowest BCUT2D eigenvalue weighted by atomic mass is 10.2. The summed E-state index contributed by atoms with van der Waals surface area (Å²) in [7, 11) is 0. The van der Waals surface area contributed by atoms with Gasteiger partial charge in [0, 0.05) is 48.7 Å². The molecule has 0 aliphatic carbocycles. The Bertz CT molecular complexity index is 742. The van der Waals surface area contributed by atoms with Crippen LogP contribution in [0, 0.1) is 0 Å². The Hall–Kier alpha value is -2.14. The summed E-state index contributed by atoms with van der Waals surface area (Å²) in [5, 5.41) is 4.09. The fourth-order valence-electron chi connectivity index (χ4n) is 2.30. The average molecular weight is 313 g/mol. The van der Waals surface area contributed by atoms with Crippen LogP contribution in [-0.4, -0.2) is 22.0 Å². The van der Waals surface area contributed by atoms with Crippen molar-refractivity contribution in [1.82, 2.24) is 14.9 Å². The van der Waals surface area contributed by atoms with Gasteiger partial charge in [-0.1, -0.05) is 6.07 Å². The normalized spacial score (nSPS) is 11.2. The van der Waals surface area contributed by atoms with E-state index in [-0.39, 0.29) is 5.91 Å². The molecule has 4 nitrogen and oxygen atoms in total. The highest BCUT2D eigenvalue weighted by Gasteiger charge is 2.12. The lowest BCUT2D eigenvalue weighted by Gasteiger charge is -2.05. The lowest BCUT2D eigenvalue weighted by Crippen LogP contribution is -2.25. The van der Waals surface area contributed by atoms with E-state index in [2.05, 4.69) is 41.1 Å². The zero-order chi connectivity index (χ0) is 15.5. The number of thiophene rings is 1. The minimum absolute atomic E-state index is 0.00627. The van der Waals surface area contributed by atoms with Crippen molar-refractivity contribution in [1.29, 1.82) is 0 Å². The van der Waals surface area contributed by atoms with E-state index in [9.17, 15) is 4.79 Å². The molecule has 3 aromatic rings. The maximum Gasteiger partial charge on any atom is 0.261 e. The van der Waals surface area contributed by atoms with Gasteiger partial charge in [0.05, 0.1) is 9.58 Å². The zero-order valence-corrected chi connectivity index (χ0v) is 13.6. The van der Waals surface area contributed by atoms with E-state index < -0.39 is 0 Å².